The number of H-pyrrole nitrogens is 1. The number of benzene rings is 1. The van der Waals surface area contributed by atoms with Gasteiger partial charge in [-0.05, 0) is 69.7 Å². The van der Waals surface area contributed by atoms with Crippen molar-refractivity contribution in [3.63, 3.8) is 0 Å². The third-order valence-electron chi connectivity index (χ3n) is 7.15. The van der Waals surface area contributed by atoms with Gasteiger partial charge in [0, 0.05) is 55.4 Å². The second-order valence-corrected chi connectivity index (χ2v) is 9.69. The normalized spacial score (nSPS) is 18.2. The Morgan fingerprint density at radius 1 is 1.03 bits per heavy atom. The molecular weight excluding hydrogens is 412 g/mol. The molecule has 7 nitrogen and oxygen atoms in total. The zero-order chi connectivity index (χ0) is 22.8. The topological polar surface area (TPSA) is 77.1 Å². The maximum atomic E-state index is 13.1. The molecule has 0 bridgehead atoms. The number of piperidine rings is 2. The van der Waals surface area contributed by atoms with E-state index in [1.54, 1.807) is 0 Å². The first-order valence-electron chi connectivity index (χ1n) is 12.3. The molecule has 2 fully saturated rings. The van der Waals surface area contributed by atoms with E-state index in [1.807, 2.05) is 18.5 Å². The van der Waals surface area contributed by atoms with Crippen LogP contribution in [0.15, 0.2) is 36.7 Å². The number of carbonyl (C=O) groups excluding carboxylic acids is 1. The summed E-state index contributed by atoms with van der Waals surface area (Å²) in [6, 6.07) is 9.10. The van der Waals surface area contributed by atoms with Crippen LogP contribution in [0.5, 0.6) is 0 Å². The molecule has 1 amide bonds. The summed E-state index contributed by atoms with van der Waals surface area (Å²) >= 11 is 0. The van der Waals surface area contributed by atoms with Crippen molar-refractivity contribution in [3.05, 3.63) is 42.4 Å². The minimum absolute atomic E-state index is 0.0958. The van der Waals surface area contributed by atoms with Crippen LogP contribution in [0.1, 0.15) is 56.4 Å². The number of amides is 1. The van der Waals surface area contributed by atoms with Crippen LogP contribution in [0.3, 0.4) is 0 Å². The molecular formula is C26H34N6O. The Morgan fingerprint density at radius 3 is 2.58 bits per heavy atom. The number of nitrogens with zero attached hydrogens (tertiary/aromatic N) is 4. The van der Waals surface area contributed by atoms with Crippen molar-refractivity contribution in [2.75, 3.05) is 31.1 Å². The van der Waals surface area contributed by atoms with Crippen LogP contribution in [-0.4, -0.2) is 64.3 Å². The predicted octanol–water partition coefficient (Wildman–Crippen LogP) is 4.22. The van der Waals surface area contributed by atoms with Crippen molar-refractivity contribution >= 4 is 22.5 Å². The standard InChI is InChI=1S/C26H34N6O/c1-18(2)31-12-8-21(9-13-31)28-26(33)25-23-15-19(6-7-24(23)29-30-25)20-14-22(17-27-16-20)32-10-4-3-5-11-32/h6-7,14-18,21H,3-5,8-13H2,1-2H3,(H,28,33)(H,29,30). The van der Waals surface area contributed by atoms with Gasteiger partial charge in [0.15, 0.2) is 5.69 Å². The fraction of sp³-hybridized carbons (Fsp3) is 0.500. The highest BCUT2D eigenvalue weighted by molar-refractivity contribution is 6.05. The van der Waals surface area contributed by atoms with Gasteiger partial charge in [-0.2, -0.15) is 5.10 Å². The summed E-state index contributed by atoms with van der Waals surface area (Å²) in [6.07, 6.45) is 9.59. The first-order chi connectivity index (χ1) is 16.1. The summed E-state index contributed by atoms with van der Waals surface area (Å²) < 4.78 is 0. The molecule has 2 N–H and O–H groups in total. The molecule has 1 aromatic carbocycles. The lowest BCUT2D eigenvalue weighted by atomic mass is 10.0. The maximum Gasteiger partial charge on any atom is 0.272 e. The average Bonchev–Trinajstić information content (AvgIpc) is 3.28. The third-order valence-corrected chi connectivity index (χ3v) is 7.15. The van der Waals surface area contributed by atoms with Crippen LogP contribution in [0.2, 0.25) is 0 Å². The number of anilines is 1. The van der Waals surface area contributed by atoms with Crippen LogP contribution in [0.4, 0.5) is 5.69 Å². The number of carbonyl (C=O) groups is 1. The number of likely N-dealkylation sites (tertiary alicyclic amines) is 1. The van der Waals surface area contributed by atoms with Crippen LogP contribution < -0.4 is 10.2 Å². The van der Waals surface area contributed by atoms with E-state index in [1.165, 1.54) is 24.9 Å². The predicted molar refractivity (Wildman–Crippen MR) is 133 cm³/mol. The molecule has 2 aliphatic heterocycles. The second-order valence-electron chi connectivity index (χ2n) is 9.69. The highest BCUT2D eigenvalue weighted by Crippen LogP contribution is 2.29. The minimum Gasteiger partial charge on any atom is -0.370 e. The first kappa shape index (κ1) is 21.9. The van der Waals surface area contributed by atoms with Crippen LogP contribution in [0, 0.1) is 0 Å². The van der Waals surface area contributed by atoms with Gasteiger partial charge in [0.1, 0.15) is 0 Å². The highest BCUT2D eigenvalue weighted by atomic mass is 16.2. The lowest BCUT2D eigenvalue weighted by Gasteiger charge is -2.34. The van der Waals surface area contributed by atoms with E-state index in [9.17, 15) is 4.79 Å². The molecule has 2 saturated heterocycles. The zero-order valence-electron chi connectivity index (χ0n) is 19.7. The third kappa shape index (κ3) is 4.74. The van der Waals surface area contributed by atoms with E-state index in [2.05, 4.69) is 62.3 Å². The van der Waals surface area contributed by atoms with Gasteiger partial charge in [-0.25, -0.2) is 0 Å². The van der Waals surface area contributed by atoms with Crippen molar-refractivity contribution in [3.8, 4) is 11.1 Å². The quantitative estimate of drug-likeness (QED) is 0.614. The largest absolute Gasteiger partial charge is 0.370 e. The monoisotopic (exact) mass is 446 g/mol. The Labute approximate surface area is 195 Å². The summed E-state index contributed by atoms with van der Waals surface area (Å²) in [5.74, 6) is -0.0958. The SMILES string of the molecule is CC(C)N1CCC(NC(=O)c2n[nH]c3ccc(-c4cncc(N5CCCCC5)c4)cc23)CC1. The number of hydrogen-bond donors (Lipinski definition) is 2. The lowest BCUT2D eigenvalue weighted by Crippen LogP contribution is -2.46. The molecule has 5 rings (SSSR count). The Balaban J connectivity index is 1.34. The average molecular weight is 447 g/mol. The van der Waals surface area contributed by atoms with E-state index in [0.29, 0.717) is 11.7 Å². The van der Waals surface area contributed by atoms with Gasteiger partial charge in [-0.15, -0.1) is 0 Å². The molecule has 3 aromatic rings. The maximum absolute atomic E-state index is 13.1. The van der Waals surface area contributed by atoms with E-state index in [-0.39, 0.29) is 11.9 Å². The summed E-state index contributed by atoms with van der Waals surface area (Å²) in [4.78, 5) is 22.5. The second kappa shape index (κ2) is 9.51. The molecule has 0 saturated carbocycles. The van der Waals surface area contributed by atoms with Crippen molar-refractivity contribution in [1.82, 2.24) is 25.4 Å². The minimum atomic E-state index is -0.0958. The number of aromatic nitrogens is 3. The van der Waals surface area contributed by atoms with Crippen molar-refractivity contribution < 1.29 is 4.79 Å². The molecule has 0 atom stereocenters. The van der Waals surface area contributed by atoms with Gasteiger partial charge in [0.2, 0.25) is 0 Å². The molecule has 2 aliphatic rings. The molecule has 174 valence electrons. The Kier molecular flexibility index (Phi) is 6.31. The highest BCUT2D eigenvalue weighted by Gasteiger charge is 2.24. The zero-order valence-corrected chi connectivity index (χ0v) is 19.7. The van der Waals surface area contributed by atoms with E-state index < -0.39 is 0 Å². The fourth-order valence-corrected chi connectivity index (χ4v) is 5.09. The molecule has 0 spiro atoms. The van der Waals surface area contributed by atoms with Gasteiger partial charge < -0.3 is 15.1 Å². The molecule has 4 heterocycles. The van der Waals surface area contributed by atoms with Crippen molar-refractivity contribution in [1.29, 1.82) is 0 Å². The number of pyridine rings is 1. The Bertz CT molecular complexity index is 1110. The van der Waals surface area contributed by atoms with Gasteiger partial charge in [0.05, 0.1) is 17.4 Å². The van der Waals surface area contributed by atoms with Gasteiger partial charge >= 0.3 is 0 Å². The van der Waals surface area contributed by atoms with Gasteiger partial charge in [0.25, 0.3) is 5.91 Å². The van der Waals surface area contributed by atoms with Crippen molar-refractivity contribution in [2.24, 2.45) is 0 Å². The molecule has 33 heavy (non-hydrogen) atoms. The fourth-order valence-electron chi connectivity index (χ4n) is 5.09. The summed E-state index contributed by atoms with van der Waals surface area (Å²) in [5.41, 5.74) is 4.63. The summed E-state index contributed by atoms with van der Waals surface area (Å²) in [6.45, 7) is 8.68. The first-order valence-corrected chi connectivity index (χ1v) is 12.3. The van der Waals surface area contributed by atoms with Crippen LogP contribution in [0.25, 0.3) is 22.0 Å². The number of aromatic amines is 1. The smallest absolute Gasteiger partial charge is 0.272 e. The number of rotatable bonds is 5. The van der Waals surface area contributed by atoms with E-state index in [4.69, 9.17) is 0 Å². The number of hydrogen-bond acceptors (Lipinski definition) is 5. The summed E-state index contributed by atoms with van der Waals surface area (Å²) in [5, 5.41) is 11.5. The molecule has 7 heteroatoms. The Hall–Kier alpha value is -2.93. The molecule has 2 aromatic heterocycles. The summed E-state index contributed by atoms with van der Waals surface area (Å²) in [7, 11) is 0. The Morgan fingerprint density at radius 2 is 1.82 bits per heavy atom. The van der Waals surface area contributed by atoms with Gasteiger partial charge in [-0.1, -0.05) is 6.07 Å². The van der Waals surface area contributed by atoms with Crippen molar-refractivity contribution in [2.45, 2.75) is 58.0 Å². The van der Waals surface area contributed by atoms with E-state index in [0.717, 1.165) is 61.1 Å². The van der Waals surface area contributed by atoms with Crippen LogP contribution >= 0.6 is 0 Å². The number of fused-ring (bicyclic) bond motifs is 1. The molecule has 0 unspecified atom stereocenters. The van der Waals surface area contributed by atoms with Crippen LogP contribution in [-0.2, 0) is 0 Å². The molecule has 0 aliphatic carbocycles. The van der Waals surface area contributed by atoms with E-state index >= 15 is 0 Å². The van der Waals surface area contributed by atoms with Gasteiger partial charge in [-0.3, -0.25) is 14.9 Å². The number of nitrogens with one attached hydrogen (secondary N) is 2. The molecule has 0 radical (unpaired) electrons. The lowest BCUT2D eigenvalue weighted by molar-refractivity contribution is 0.0897.